The number of aliphatic hydroxyl groups is 1. The molecule has 1 heterocycles. The summed E-state index contributed by atoms with van der Waals surface area (Å²) in [7, 11) is 0. The van der Waals surface area contributed by atoms with E-state index in [1.54, 1.807) is 13.8 Å². The fourth-order valence-corrected chi connectivity index (χ4v) is 2.62. The Morgan fingerprint density at radius 1 is 1.53 bits per heavy atom. The largest absolute Gasteiger partial charge is 0.842 e. The average Bonchev–Trinajstić information content (AvgIpc) is 2.15. The second-order valence-corrected chi connectivity index (χ2v) is 5.71. The first kappa shape index (κ1) is 14.1. The highest BCUT2D eigenvalue weighted by atomic mass is 32.2. The minimum absolute atomic E-state index is 0.325. The molecule has 6 heteroatoms. The van der Waals surface area contributed by atoms with E-state index in [-0.39, 0.29) is 11.4 Å². The zero-order chi connectivity index (χ0) is 13.2. The second kappa shape index (κ2) is 5.10. The third kappa shape index (κ3) is 3.23. The first-order chi connectivity index (χ1) is 7.80. The van der Waals surface area contributed by atoms with Crippen molar-refractivity contribution in [2.75, 3.05) is 0 Å². The summed E-state index contributed by atoms with van der Waals surface area (Å²) < 4.78 is 2.99. The Balaban J connectivity index is 3.46. The molecule has 17 heavy (non-hydrogen) atoms. The molecule has 0 radical (unpaired) electrons. The summed E-state index contributed by atoms with van der Waals surface area (Å²) >= 11 is 1.11. The highest BCUT2D eigenvalue weighted by molar-refractivity contribution is 8.00. The Bertz CT molecular complexity index is 463. The van der Waals surface area contributed by atoms with Gasteiger partial charge in [0, 0.05) is 0 Å². The number of thioether (sulfide) groups is 1. The van der Waals surface area contributed by atoms with Gasteiger partial charge in [0.15, 0.2) is 0 Å². The maximum Gasteiger partial charge on any atom is 0.337 e. The maximum absolute atomic E-state index is 11.7. The smallest absolute Gasteiger partial charge is 0.337 e. The molecule has 1 aromatic heterocycles. The van der Waals surface area contributed by atoms with Crippen molar-refractivity contribution in [2.45, 2.75) is 50.9 Å². The van der Waals surface area contributed by atoms with Gasteiger partial charge in [-0.05, 0) is 39.5 Å². The standard InChI is InChI=1S/C11H18N2O3S/c1-5-12-8(14)7-9(15)13(6-2)10(12)17-11(3,4)16/h7,16H,5-6H2,1-4H3. The van der Waals surface area contributed by atoms with E-state index < -0.39 is 4.93 Å². The molecule has 0 aliphatic rings. The summed E-state index contributed by atoms with van der Waals surface area (Å²) in [5, 5.41) is 22.0. The molecule has 1 rings (SSSR count). The molecule has 0 unspecified atom stereocenters. The van der Waals surface area contributed by atoms with Crippen molar-refractivity contribution in [1.82, 2.24) is 4.57 Å². The SMILES string of the molecule is CCn1c(SC(C)(C)O)[n+](CC)c([O-])cc1=O. The molecule has 0 amide bonds. The lowest BCUT2D eigenvalue weighted by Gasteiger charge is -2.19. The van der Waals surface area contributed by atoms with E-state index in [0.717, 1.165) is 17.8 Å². The summed E-state index contributed by atoms with van der Waals surface area (Å²) in [6, 6.07) is 1.08. The molecule has 0 atom stereocenters. The number of hydrogen-bond donors (Lipinski definition) is 1. The van der Waals surface area contributed by atoms with E-state index in [0.29, 0.717) is 18.2 Å². The van der Waals surface area contributed by atoms with Gasteiger partial charge in [-0.3, -0.25) is 0 Å². The fourth-order valence-electron chi connectivity index (χ4n) is 1.51. The molecule has 0 aliphatic heterocycles. The van der Waals surface area contributed by atoms with Gasteiger partial charge in [-0.2, -0.15) is 4.57 Å². The van der Waals surface area contributed by atoms with Crippen LogP contribution in [0.2, 0.25) is 0 Å². The number of aromatic nitrogens is 2. The summed E-state index contributed by atoms with van der Waals surface area (Å²) in [6.07, 6.45) is 0. The lowest BCUT2D eigenvalue weighted by atomic mass is 10.5. The quantitative estimate of drug-likeness (QED) is 0.359. The Morgan fingerprint density at radius 3 is 2.53 bits per heavy atom. The van der Waals surface area contributed by atoms with Crippen LogP contribution in [0.3, 0.4) is 0 Å². The minimum atomic E-state index is -1.03. The Hall–Kier alpha value is -1.01. The zero-order valence-electron chi connectivity index (χ0n) is 10.6. The van der Waals surface area contributed by atoms with Gasteiger partial charge in [-0.1, -0.05) is 0 Å². The van der Waals surface area contributed by atoms with Crippen LogP contribution >= 0.6 is 11.8 Å². The van der Waals surface area contributed by atoms with E-state index in [9.17, 15) is 15.0 Å². The minimum Gasteiger partial charge on any atom is -0.842 e. The van der Waals surface area contributed by atoms with Crippen LogP contribution in [0.5, 0.6) is 5.88 Å². The molecule has 0 spiro atoms. The maximum atomic E-state index is 11.7. The highest BCUT2D eigenvalue weighted by Gasteiger charge is 2.26. The van der Waals surface area contributed by atoms with Crippen molar-refractivity contribution < 1.29 is 14.8 Å². The van der Waals surface area contributed by atoms with Gasteiger partial charge in [0.1, 0.15) is 4.93 Å². The van der Waals surface area contributed by atoms with Gasteiger partial charge in [-0.15, -0.1) is 0 Å². The predicted molar refractivity (Wildman–Crippen MR) is 63.8 cm³/mol. The summed E-state index contributed by atoms with van der Waals surface area (Å²) in [4.78, 5) is 10.7. The van der Waals surface area contributed by atoms with Crippen LogP contribution in [0, 0.1) is 0 Å². The van der Waals surface area contributed by atoms with E-state index >= 15 is 0 Å². The predicted octanol–water partition coefficient (Wildman–Crippen LogP) is 0.0697. The molecule has 0 bridgehead atoms. The van der Waals surface area contributed by atoms with Gasteiger partial charge < -0.3 is 10.2 Å². The van der Waals surface area contributed by atoms with Gasteiger partial charge in [-0.25, -0.2) is 9.36 Å². The van der Waals surface area contributed by atoms with E-state index in [4.69, 9.17) is 0 Å². The van der Waals surface area contributed by atoms with Crippen LogP contribution in [0.1, 0.15) is 27.7 Å². The molecule has 96 valence electrons. The van der Waals surface area contributed by atoms with Crippen molar-refractivity contribution in [2.24, 2.45) is 0 Å². The van der Waals surface area contributed by atoms with Gasteiger partial charge in [0.05, 0.1) is 25.0 Å². The summed E-state index contributed by atoms with van der Waals surface area (Å²) in [6.45, 7) is 7.86. The van der Waals surface area contributed by atoms with Crippen molar-refractivity contribution in [1.29, 1.82) is 0 Å². The van der Waals surface area contributed by atoms with Gasteiger partial charge >= 0.3 is 10.7 Å². The summed E-state index contributed by atoms with van der Waals surface area (Å²) in [5.74, 6) is -0.325. The molecule has 0 fully saturated rings. The normalized spacial score (nSPS) is 11.8. The van der Waals surface area contributed by atoms with Crippen LogP contribution in [0.15, 0.2) is 16.0 Å². The molecule has 1 N–H and O–H groups in total. The first-order valence-corrected chi connectivity index (χ1v) is 6.38. The second-order valence-electron chi connectivity index (χ2n) is 4.14. The molecule has 1 aromatic rings. The average molecular weight is 258 g/mol. The molecule has 5 nitrogen and oxygen atoms in total. The van der Waals surface area contributed by atoms with E-state index in [1.807, 2.05) is 13.8 Å². The number of nitrogens with zero attached hydrogens (tertiary/aromatic N) is 2. The molecule has 0 aliphatic carbocycles. The van der Waals surface area contributed by atoms with Crippen LogP contribution in [0.4, 0.5) is 0 Å². The lowest BCUT2D eigenvalue weighted by molar-refractivity contribution is -0.770. The summed E-state index contributed by atoms with van der Waals surface area (Å²) in [5.41, 5.74) is -0.325. The third-order valence-electron chi connectivity index (χ3n) is 2.21. The first-order valence-electron chi connectivity index (χ1n) is 5.56. The van der Waals surface area contributed by atoms with Crippen molar-refractivity contribution in [3.05, 3.63) is 16.4 Å². The number of hydrogen-bond acceptors (Lipinski definition) is 4. The number of rotatable bonds is 4. The van der Waals surface area contributed by atoms with Crippen LogP contribution in [-0.4, -0.2) is 14.6 Å². The van der Waals surface area contributed by atoms with Gasteiger partial charge in [0.25, 0.3) is 0 Å². The van der Waals surface area contributed by atoms with Crippen molar-refractivity contribution >= 4 is 11.8 Å². The molecular formula is C11H18N2O3S. The topological polar surface area (TPSA) is 69.2 Å². The van der Waals surface area contributed by atoms with Gasteiger partial charge in [0.2, 0.25) is 0 Å². The molecular weight excluding hydrogens is 240 g/mol. The van der Waals surface area contributed by atoms with Crippen LogP contribution < -0.4 is 15.2 Å². The van der Waals surface area contributed by atoms with E-state index in [2.05, 4.69) is 0 Å². The fraction of sp³-hybridized carbons (Fsp3) is 0.636. The zero-order valence-corrected chi connectivity index (χ0v) is 11.4. The van der Waals surface area contributed by atoms with Crippen LogP contribution in [0.25, 0.3) is 0 Å². The van der Waals surface area contributed by atoms with Crippen molar-refractivity contribution in [3.8, 4) is 5.88 Å². The van der Waals surface area contributed by atoms with Crippen molar-refractivity contribution in [3.63, 3.8) is 0 Å². The lowest BCUT2D eigenvalue weighted by Crippen LogP contribution is -2.46. The monoisotopic (exact) mass is 258 g/mol. The highest BCUT2D eigenvalue weighted by Crippen LogP contribution is 2.27. The Kier molecular flexibility index (Phi) is 4.21. The van der Waals surface area contributed by atoms with E-state index in [1.165, 1.54) is 9.13 Å². The Labute approximate surface area is 105 Å². The third-order valence-corrected chi connectivity index (χ3v) is 3.34. The molecule has 0 saturated carbocycles. The van der Waals surface area contributed by atoms with Crippen LogP contribution in [-0.2, 0) is 13.1 Å². The Morgan fingerprint density at radius 2 is 2.12 bits per heavy atom. The molecule has 0 saturated heterocycles. The molecule has 0 aromatic carbocycles.